The Balaban J connectivity index is 1.56. The van der Waals surface area contributed by atoms with Crippen molar-refractivity contribution >= 4 is 21.5 Å². The molecule has 0 fully saturated rings. The fourth-order valence-electron chi connectivity index (χ4n) is 6.52. The number of hydrogen-bond acceptors (Lipinski definition) is 3. The van der Waals surface area contributed by atoms with Gasteiger partial charge in [0.2, 0.25) is 0 Å². The van der Waals surface area contributed by atoms with Crippen molar-refractivity contribution in [3.8, 4) is 51.6 Å². The van der Waals surface area contributed by atoms with Crippen LogP contribution in [0.5, 0.6) is 0 Å². The maximum absolute atomic E-state index is 9.72. The van der Waals surface area contributed by atoms with E-state index in [0.29, 0.717) is 16.7 Å². The highest BCUT2D eigenvalue weighted by Gasteiger charge is 2.39. The first-order valence-electron chi connectivity index (χ1n) is 13.5. The molecule has 1 aliphatic carbocycles. The van der Waals surface area contributed by atoms with E-state index in [1.807, 2.05) is 36.4 Å². The van der Waals surface area contributed by atoms with E-state index < -0.39 is 0 Å². The summed E-state index contributed by atoms with van der Waals surface area (Å²) in [5, 5.41) is 33.2. The maximum atomic E-state index is 9.72. The molecule has 0 bridgehead atoms. The third-order valence-electron chi connectivity index (χ3n) is 8.58. The van der Waals surface area contributed by atoms with Gasteiger partial charge in [-0.1, -0.05) is 80.6 Å². The normalized spacial score (nSPS) is 12.8. The van der Waals surface area contributed by atoms with E-state index in [1.54, 1.807) is 6.07 Å². The molecule has 0 N–H and O–H groups in total. The molecule has 0 unspecified atom stereocenters. The average molecular weight is 522 g/mol. The molecule has 190 valence electrons. The Morgan fingerprint density at radius 2 is 0.976 bits per heavy atom. The summed E-state index contributed by atoms with van der Waals surface area (Å²) < 4.78 is 0. The van der Waals surface area contributed by atoms with Gasteiger partial charge in [-0.15, -0.1) is 0 Å². The molecular formula is C38H23N3. The summed E-state index contributed by atoms with van der Waals surface area (Å²) in [5.41, 5.74) is 10.4. The highest BCUT2D eigenvalue weighted by atomic mass is 14.4. The Labute approximate surface area is 238 Å². The quantitative estimate of drug-likeness (QED) is 0.228. The Hall–Kier alpha value is -5.69. The molecule has 1 aliphatic rings. The molecule has 0 atom stereocenters. The summed E-state index contributed by atoms with van der Waals surface area (Å²) in [6.45, 7) is 4.57. The van der Waals surface area contributed by atoms with Crippen LogP contribution in [0.2, 0.25) is 0 Å². The minimum atomic E-state index is -0.292. The Kier molecular flexibility index (Phi) is 5.30. The van der Waals surface area contributed by atoms with Crippen LogP contribution in [0.25, 0.3) is 54.9 Å². The predicted molar refractivity (Wildman–Crippen MR) is 164 cm³/mol. The summed E-state index contributed by atoms with van der Waals surface area (Å²) in [6.07, 6.45) is 0. The molecule has 0 spiro atoms. The van der Waals surface area contributed by atoms with Crippen LogP contribution >= 0.6 is 0 Å². The van der Waals surface area contributed by atoms with Gasteiger partial charge in [0.1, 0.15) is 12.1 Å². The zero-order valence-corrected chi connectivity index (χ0v) is 22.7. The van der Waals surface area contributed by atoms with E-state index in [0.717, 1.165) is 27.6 Å². The average Bonchev–Trinajstić information content (AvgIpc) is 3.26. The van der Waals surface area contributed by atoms with Crippen LogP contribution in [0.1, 0.15) is 41.7 Å². The molecule has 7 rings (SSSR count). The molecule has 0 heterocycles. The first-order chi connectivity index (χ1) is 20.0. The van der Waals surface area contributed by atoms with Crippen molar-refractivity contribution in [2.24, 2.45) is 0 Å². The fourth-order valence-corrected chi connectivity index (χ4v) is 6.52. The van der Waals surface area contributed by atoms with Crippen molar-refractivity contribution in [2.45, 2.75) is 19.3 Å². The Bertz CT molecular complexity index is 2200. The lowest BCUT2D eigenvalue weighted by molar-refractivity contribution is 0.661. The smallest absolute Gasteiger partial charge is 0.101 e. The van der Waals surface area contributed by atoms with Crippen LogP contribution in [0.15, 0.2) is 103 Å². The lowest BCUT2D eigenvalue weighted by atomic mass is 9.79. The molecule has 0 saturated heterocycles. The molecule has 0 aromatic heterocycles. The highest BCUT2D eigenvalue weighted by molar-refractivity contribution is 6.16. The van der Waals surface area contributed by atoms with E-state index in [-0.39, 0.29) is 5.41 Å². The minimum absolute atomic E-state index is 0.292. The van der Waals surface area contributed by atoms with Crippen molar-refractivity contribution in [3.63, 3.8) is 0 Å². The van der Waals surface area contributed by atoms with E-state index in [9.17, 15) is 15.8 Å². The Morgan fingerprint density at radius 1 is 0.488 bits per heavy atom. The predicted octanol–water partition coefficient (Wildman–Crippen LogP) is 9.25. The summed E-state index contributed by atoms with van der Waals surface area (Å²) in [6, 6.07) is 41.6. The van der Waals surface area contributed by atoms with E-state index in [2.05, 4.69) is 92.7 Å². The third-order valence-corrected chi connectivity index (χ3v) is 8.58. The minimum Gasteiger partial charge on any atom is -0.192 e. The van der Waals surface area contributed by atoms with Gasteiger partial charge in [-0.05, 0) is 102 Å². The molecule has 6 aromatic rings. The molecule has 0 aliphatic heterocycles. The number of nitriles is 3. The van der Waals surface area contributed by atoms with Gasteiger partial charge in [-0.3, -0.25) is 0 Å². The number of hydrogen-bond donors (Lipinski definition) is 0. The zero-order chi connectivity index (χ0) is 28.3. The molecule has 0 saturated carbocycles. The van der Waals surface area contributed by atoms with Crippen molar-refractivity contribution in [1.29, 1.82) is 15.8 Å². The second kappa shape index (κ2) is 8.93. The first kappa shape index (κ1) is 24.4. The molecule has 41 heavy (non-hydrogen) atoms. The molecule has 0 amide bonds. The van der Waals surface area contributed by atoms with Crippen molar-refractivity contribution < 1.29 is 0 Å². The van der Waals surface area contributed by atoms with Crippen LogP contribution in [-0.2, 0) is 5.41 Å². The topological polar surface area (TPSA) is 71.4 Å². The number of nitrogens with zero attached hydrogens (tertiary/aromatic N) is 3. The van der Waals surface area contributed by atoms with Crippen LogP contribution < -0.4 is 0 Å². The van der Waals surface area contributed by atoms with Crippen LogP contribution in [-0.4, -0.2) is 0 Å². The second-order valence-electron chi connectivity index (χ2n) is 11.1. The van der Waals surface area contributed by atoms with Gasteiger partial charge in [0.05, 0.1) is 22.8 Å². The van der Waals surface area contributed by atoms with Crippen molar-refractivity contribution in [2.75, 3.05) is 0 Å². The van der Waals surface area contributed by atoms with Crippen LogP contribution in [0.3, 0.4) is 0 Å². The number of rotatable bonds is 2. The largest absolute Gasteiger partial charge is 0.192 e. The van der Waals surface area contributed by atoms with Gasteiger partial charge in [0, 0.05) is 5.41 Å². The standard InChI is InChI=1S/C38H23N3/c1-38(2)34-18-32(24-13-11-23(20-39)12-14-24)28-7-3-5-9-30(28)36(34)37-31-10-6-4-8-29(31)33(19-35(37)38)25-15-16-26(21-40)27(17-25)22-41/h3-19H,1-2H3. The SMILES string of the molecule is CC1(C)c2cc(-c3ccc(C#N)cc3)c3ccccc3c2-c2c1cc(-c1ccc(C#N)c(C#N)c1)c1ccccc21. The van der Waals surface area contributed by atoms with Crippen molar-refractivity contribution in [1.82, 2.24) is 0 Å². The molecule has 6 aromatic carbocycles. The highest BCUT2D eigenvalue weighted by Crippen LogP contribution is 2.56. The van der Waals surface area contributed by atoms with E-state index in [4.69, 9.17) is 0 Å². The van der Waals surface area contributed by atoms with Crippen LogP contribution in [0.4, 0.5) is 0 Å². The molecule has 3 nitrogen and oxygen atoms in total. The molecular weight excluding hydrogens is 498 g/mol. The summed E-state index contributed by atoms with van der Waals surface area (Å²) in [5.74, 6) is 0. The number of fused-ring (bicyclic) bond motifs is 7. The lowest BCUT2D eigenvalue weighted by Crippen LogP contribution is -2.15. The zero-order valence-electron chi connectivity index (χ0n) is 22.7. The lowest BCUT2D eigenvalue weighted by Gasteiger charge is -2.24. The van der Waals surface area contributed by atoms with Crippen LogP contribution in [0, 0.1) is 34.0 Å². The summed E-state index contributed by atoms with van der Waals surface area (Å²) in [4.78, 5) is 0. The monoisotopic (exact) mass is 521 g/mol. The fraction of sp³-hybridized carbons (Fsp3) is 0.0789. The summed E-state index contributed by atoms with van der Waals surface area (Å²) in [7, 11) is 0. The molecule has 0 radical (unpaired) electrons. The van der Waals surface area contributed by atoms with E-state index >= 15 is 0 Å². The number of benzene rings is 6. The third kappa shape index (κ3) is 3.49. The van der Waals surface area contributed by atoms with Gasteiger partial charge in [0.25, 0.3) is 0 Å². The van der Waals surface area contributed by atoms with Gasteiger partial charge >= 0.3 is 0 Å². The van der Waals surface area contributed by atoms with Gasteiger partial charge in [-0.2, -0.15) is 15.8 Å². The van der Waals surface area contributed by atoms with Gasteiger partial charge < -0.3 is 0 Å². The van der Waals surface area contributed by atoms with Crippen molar-refractivity contribution in [3.05, 3.63) is 131 Å². The molecule has 3 heteroatoms. The first-order valence-corrected chi connectivity index (χ1v) is 13.5. The maximum Gasteiger partial charge on any atom is 0.101 e. The summed E-state index contributed by atoms with van der Waals surface area (Å²) >= 11 is 0. The van der Waals surface area contributed by atoms with Gasteiger partial charge in [-0.25, -0.2) is 0 Å². The van der Waals surface area contributed by atoms with E-state index in [1.165, 1.54) is 38.4 Å². The van der Waals surface area contributed by atoms with Gasteiger partial charge in [0.15, 0.2) is 0 Å². The second-order valence-corrected chi connectivity index (χ2v) is 11.1. The Morgan fingerprint density at radius 3 is 1.49 bits per heavy atom.